The fourth-order valence-electron chi connectivity index (χ4n) is 2.07. The van der Waals surface area contributed by atoms with E-state index < -0.39 is 5.97 Å². The number of benzene rings is 1. The van der Waals surface area contributed by atoms with Crippen LogP contribution in [0.25, 0.3) is 0 Å². The Kier molecular flexibility index (Phi) is 5.86. The first kappa shape index (κ1) is 14.7. The van der Waals surface area contributed by atoms with Crippen LogP contribution in [0, 0.1) is 0 Å². The van der Waals surface area contributed by atoms with Gasteiger partial charge in [0, 0.05) is 13.5 Å². The fraction of sp³-hybridized carbons (Fsp3) is 0.533. The van der Waals surface area contributed by atoms with Crippen molar-refractivity contribution in [3.05, 3.63) is 35.9 Å². The van der Waals surface area contributed by atoms with Crippen molar-refractivity contribution in [2.45, 2.75) is 44.6 Å². The van der Waals surface area contributed by atoms with Crippen molar-refractivity contribution < 1.29 is 14.6 Å². The van der Waals surface area contributed by atoms with E-state index in [9.17, 15) is 4.79 Å². The summed E-state index contributed by atoms with van der Waals surface area (Å²) >= 11 is 0. The third kappa shape index (κ3) is 4.49. The average molecular weight is 250 g/mol. The molecule has 0 fully saturated rings. The highest BCUT2D eigenvalue weighted by molar-refractivity contribution is 5.66. The van der Waals surface area contributed by atoms with E-state index in [2.05, 4.69) is 19.1 Å². The van der Waals surface area contributed by atoms with Gasteiger partial charge in [-0.15, -0.1) is 0 Å². The Labute approximate surface area is 109 Å². The Morgan fingerprint density at radius 3 is 2.44 bits per heavy atom. The molecule has 0 aliphatic heterocycles. The summed E-state index contributed by atoms with van der Waals surface area (Å²) in [6.45, 7) is 2.08. The number of rotatable bonds is 8. The van der Waals surface area contributed by atoms with Crippen LogP contribution >= 0.6 is 0 Å². The van der Waals surface area contributed by atoms with Gasteiger partial charge in [-0.1, -0.05) is 43.2 Å². The molecule has 0 amide bonds. The molecule has 1 aromatic carbocycles. The maximum Gasteiger partial charge on any atom is 0.303 e. The minimum Gasteiger partial charge on any atom is -0.481 e. The molecule has 1 rings (SSSR count). The van der Waals surface area contributed by atoms with Gasteiger partial charge in [0.15, 0.2) is 0 Å². The van der Waals surface area contributed by atoms with E-state index in [1.165, 1.54) is 5.56 Å². The molecule has 18 heavy (non-hydrogen) atoms. The van der Waals surface area contributed by atoms with Gasteiger partial charge in [-0.05, 0) is 25.3 Å². The molecule has 0 radical (unpaired) electrons. The first-order valence-electron chi connectivity index (χ1n) is 6.41. The first-order chi connectivity index (χ1) is 8.58. The lowest BCUT2D eigenvalue weighted by atomic mass is 9.90. The number of aliphatic carboxylic acids is 1. The average Bonchev–Trinajstić information content (AvgIpc) is 2.38. The second kappa shape index (κ2) is 7.17. The van der Waals surface area contributed by atoms with Gasteiger partial charge in [0.2, 0.25) is 0 Å². The van der Waals surface area contributed by atoms with Gasteiger partial charge in [0.05, 0.1) is 5.60 Å². The number of hydrogen-bond donors (Lipinski definition) is 1. The highest BCUT2D eigenvalue weighted by Gasteiger charge is 2.24. The van der Waals surface area contributed by atoms with Gasteiger partial charge >= 0.3 is 5.97 Å². The molecule has 0 heterocycles. The minimum atomic E-state index is -0.715. The summed E-state index contributed by atoms with van der Waals surface area (Å²) in [4.78, 5) is 10.4. The number of methoxy groups -OCH3 is 1. The largest absolute Gasteiger partial charge is 0.481 e. The Morgan fingerprint density at radius 1 is 1.22 bits per heavy atom. The molecular formula is C15H22O3. The highest BCUT2D eigenvalue weighted by Crippen LogP contribution is 2.30. The number of unbranched alkanes of at least 4 members (excludes halogenated alkanes) is 2. The van der Waals surface area contributed by atoms with E-state index in [1.54, 1.807) is 7.11 Å². The molecule has 0 aromatic heterocycles. The lowest BCUT2D eigenvalue weighted by Gasteiger charge is -2.28. The van der Waals surface area contributed by atoms with Gasteiger partial charge < -0.3 is 9.84 Å². The van der Waals surface area contributed by atoms with E-state index in [-0.39, 0.29) is 12.0 Å². The van der Waals surface area contributed by atoms with Gasteiger partial charge in [0.1, 0.15) is 0 Å². The van der Waals surface area contributed by atoms with Crippen molar-refractivity contribution in [2.75, 3.05) is 7.11 Å². The van der Waals surface area contributed by atoms with Gasteiger partial charge in [-0.3, -0.25) is 4.79 Å². The van der Waals surface area contributed by atoms with Crippen LogP contribution in [0.3, 0.4) is 0 Å². The van der Waals surface area contributed by atoms with E-state index in [0.717, 1.165) is 25.7 Å². The minimum absolute atomic E-state index is 0.259. The Hall–Kier alpha value is -1.35. The Bertz CT molecular complexity index is 361. The maximum absolute atomic E-state index is 10.4. The van der Waals surface area contributed by atoms with Crippen LogP contribution in [0.15, 0.2) is 30.3 Å². The maximum atomic E-state index is 10.4. The summed E-state index contributed by atoms with van der Waals surface area (Å²) in [6.07, 6.45) is 3.82. The molecule has 100 valence electrons. The third-order valence-electron chi connectivity index (χ3n) is 3.38. The summed E-state index contributed by atoms with van der Waals surface area (Å²) < 4.78 is 5.64. The SMILES string of the molecule is COC(C)(CCCCCC(=O)O)c1ccccc1. The molecule has 0 aliphatic carbocycles. The molecule has 1 unspecified atom stereocenters. The smallest absolute Gasteiger partial charge is 0.303 e. The molecule has 3 heteroatoms. The predicted molar refractivity (Wildman–Crippen MR) is 71.5 cm³/mol. The van der Waals surface area contributed by atoms with Crippen molar-refractivity contribution >= 4 is 5.97 Å². The predicted octanol–water partition coefficient (Wildman–Crippen LogP) is 3.58. The van der Waals surface area contributed by atoms with Gasteiger partial charge in [-0.2, -0.15) is 0 Å². The fourth-order valence-corrected chi connectivity index (χ4v) is 2.07. The third-order valence-corrected chi connectivity index (χ3v) is 3.38. The summed E-state index contributed by atoms with van der Waals surface area (Å²) in [5.41, 5.74) is 0.899. The topological polar surface area (TPSA) is 46.5 Å². The molecule has 0 spiro atoms. The van der Waals surface area contributed by atoms with Crippen molar-refractivity contribution in [3.63, 3.8) is 0 Å². The number of carboxylic acid groups (broad SMARTS) is 1. The molecule has 3 nitrogen and oxygen atoms in total. The molecule has 1 atom stereocenters. The van der Waals surface area contributed by atoms with Crippen molar-refractivity contribution in [2.24, 2.45) is 0 Å². The van der Waals surface area contributed by atoms with Crippen LogP contribution < -0.4 is 0 Å². The van der Waals surface area contributed by atoms with Crippen LogP contribution in [0.4, 0.5) is 0 Å². The summed E-state index contributed by atoms with van der Waals surface area (Å²) in [5, 5.41) is 8.57. The van der Waals surface area contributed by atoms with E-state index in [4.69, 9.17) is 9.84 Å². The van der Waals surface area contributed by atoms with Crippen molar-refractivity contribution in [1.29, 1.82) is 0 Å². The van der Waals surface area contributed by atoms with Gasteiger partial charge in [0.25, 0.3) is 0 Å². The van der Waals surface area contributed by atoms with Crippen LogP contribution in [-0.4, -0.2) is 18.2 Å². The monoisotopic (exact) mass is 250 g/mol. The molecule has 1 N–H and O–H groups in total. The van der Waals surface area contributed by atoms with Crippen molar-refractivity contribution in [1.82, 2.24) is 0 Å². The zero-order chi connectivity index (χ0) is 13.4. The zero-order valence-corrected chi connectivity index (χ0v) is 11.2. The molecule has 0 bridgehead atoms. The summed E-state index contributed by atoms with van der Waals surface area (Å²) in [7, 11) is 1.73. The number of carbonyl (C=O) groups is 1. The van der Waals surface area contributed by atoms with Crippen LogP contribution in [0.1, 0.15) is 44.6 Å². The first-order valence-corrected chi connectivity index (χ1v) is 6.41. The number of carboxylic acids is 1. The van der Waals surface area contributed by atoms with Crippen LogP contribution in [0.5, 0.6) is 0 Å². The quantitative estimate of drug-likeness (QED) is 0.717. The second-order valence-corrected chi connectivity index (χ2v) is 4.76. The number of ether oxygens (including phenoxy) is 1. The zero-order valence-electron chi connectivity index (χ0n) is 11.2. The lowest BCUT2D eigenvalue weighted by Crippen LogP contribution is -2.24. The Balaban J connectivity index is 2.44. The Morgan fingerprint density at radius 2 is 1.89 bits per heavy atom. The van der Waals surface area contributed by atoms with Crippen LogP contribution in [0.2, 0.25) is 0 Å². The van der Waals surface area contributed by atoms with E-state index >= 15 is 0 Å². The molecule has 1 aromatic rings. The molecule has 0 aliphatic rings. The van der Waals surface area contributed by atoms with Crippen molar-refractivity contribution in [3.8, 4) is 0 Å². The molecular weight excluding hydrogens is 228 g/mol. The number of hydrogen-bond acceptors (Lipinski definition) is 2. The van der Waals surface area contributed by atoms with Gasteiger partial charge in [-0.25, -0.2) is 0 Å². The highest BCUT2D eigenvalue weighted by atomic mass is 16.5. The van der Waals surface area contributed by atoms with E-state index in [0.29, 0.717) is 0 Å². The van der Waals surface area contributed by atoms with E-state index in [1.807, 2.05) is 18.2 Å². The molecule has 0 saturated heterocycles. The van der Waals surface area contributed by atoms with Crippen LogP contribution in [-0.2, 0) is 15.1 Å². The lowest BCUT2D eigenvalue weighted by molar-refractivity contribution is -0.137. The summed E-state index contributed by atoms with van der Waals surface area (Å²) in [5.74, 6) is -0.715. The standard InChI is InChI=1S/C15H22O3/c1-15(18-2,13-9-5-3-6-10-13)12-8-4-7-11-14(16)17/h3,5-6,9-10H,4,7-8,11-12H2,1-2H3,(H,16,17). The molecule has 0 saturated carbocycles. The summed E-state index contributed by atoms with van der Waals surface area (Å²) in [6, 6.07) is 10.2. The second-order valence-electron chi connectivity index (χ2n) is 4.76. The normalized spacial score (nSPS) is 14.1.